The molecule has 0 fully saturated rings. The summed E-state index contributed by atoms with van der Waals surface area (Å²) in [6.45, 7) is 3.18. The Morgan fingerprint density at radius 3 is 2.71 bits per heavy atom. The number of nitrogens with one attached hydrogen (secondary N) is 2. The number of nitrogens with zero attached hydrogens (tertiary/aromatic N) is 2. The second-order valence-electron chi connectivity index (χ2n) is 4.53. The minimum Gasteiger partial charge on any atom is -0.383 e. The molecule has 0 aliphatic heterocycles. The molecular formula is C15H18N4O2. The van der Waals surface area contributed by atoms with E-state index in [1.165, 1.54) is 6.33 Å². The fraction of sp³-hybridized carbons (Fsp3) is 0.267. The van der Waals surface area contributed by atoms with Crippen LogP contribution in [0.2, 0.25) is 0 Å². The van der Waals surface area contributed by atoms with Gasteiger partial charge >= 0.3 is 0 Å². The van der Waals surface area contributed by atoms with Gasteiger partial charge in [-0.2, -0.15) is 0 Å². The van der Waals surface area contributed by atoms with Gasteiger partial charge in [-0.05, 0) is 19.1 Å². The molecule has 6 nitrogen and oxygen atoms in total. The van der Waals surface area contributed by atoms with Crippen LogP contribution in [0.25, 0.3) is 0 Å². The van der Waals surface area contributed by atoms with E-state index in [0.29, 0.717) is 24.7 Å². The number of anilines is 2. The van der Waals surface area contributed by atoms with E-state index >= 15 is 0 Å². The van der Waals surface area contributed by atoms with E-state index in [2.05, 4.69) is 20.6 Å². The average Bonchev–Trinajstić information content (AvgIpc) is 2.50. The number of benzene rings is 1. The van der Waals surface area contributed by atoms with Gasteiger partial charge in [0.05, 0.1) is 6.61 Å². The van der Waals surface area contributed by atoms with Crippen molar-refractivity contribution in [1.29, 1.82) is 0 Å². The number of methoxy groups -OCH3 is 1. The number of hydrogen-bond acceptors (Lipinski definition) is 5. The van der Waals surface area contributed by atoms with Crippen molar-refractivity contribution >= 4 is 17.4 Å². The maximum Gasteiger partial charge on any atom is 0.274 e. The van der Waals surface area contributed by atoms with Crippen LogP contribution in [0, 0.1) is 6.92 Å². The first-order valence-corrected chi connectivity index (χ1v) is 6.62. The SMILES string of the molecule is COCCNc1cc(C(=O)Nc2ccc(C)cc2)ncn1. The third-order valence-corrected chi connectivity index (χ3v) is 2.82. The first kappa shape index (κ1) is 14.9. The second-order valence-corrected chi connectivity index (χ2v) is 4.53. The van der Waals surface area contributed by atoms with Crippen LogP contribution in [0.5, 0.6) is 0 Å². The minimum atomic E-state index is -0.268. The van der Waals surface area contributed by atoms with Crippen molar-refractivity contribution in [3.8, 4) is 0 Å². The molecule has 1 heterocycles. The molecule has 1 aromatic heterocycles. The van der Waals surface area contributed by atoms with E-state index in [4.69, 9.17) is 4.74 Å². The Balaban J connectivity index is 2.01. The van der Waals surface area contributed by atoms with Crippen LogP contribution in [0.15, 0.2) is 36.7 Å². The fourth-order valence-electron chi connectivity index (χ4n) is 1.69. The van der Waals surface area contributed by atoms with Gasteiger partial charge < -0.3 is 15.4 Å². The summed E-state index contributed by atoms with van der Waals surface area (Å²) in [6.07, 6.45) is 1.36. The molecule has 0 atom stereocenters. The molecule has 2 rings (SSSR count). The normalized spacial score (nSPS) is 10.2. The van der Waals surface area contributed by atoms with Gasteiger partial charge in [0.1, 0.15) is 17.8 Å². The molecule has 21 heavy (non-hydrogen) atoms. The lowest BCUT2D eigenvalue weighted by Crippen LogP contribution is -2.15. The Morgan fingerprint density at radius 1 is 1.24 bits per heavy atom. The number of aromatic nitrogens is 2. The van der Waals surface area contributed by atoms with Crippen LogP contribution in [0.1, 0.15) is 16.1 Å². The zero-order valence-corrected chi connectivity index (χ0v) is 12.1. The van der Waals surface area contributed by atoms with Crippen molar-refractivity contribution in [1.82, 2.24) is 9.97 Å². The van der Waals surface area contributed by atoms with Gasteiger partial charge in [-0.3, -0.25) is 4.79 Å². The topological polar surface area (TPSA) is 76.1 Å². The molecule has 6 heteroatoms. The molecule has 0 aliphatic rings. The molecule has 1 aromatic carbocycles. The van der Waals surface area contributed by atoms with Crippen molar-refractivity contribution in [2.45, 2.75) is 6.92 Å². The van der Waals surface area contributed by atoms with E-state index in [9.17, 15) is 4.79 Å². The predicted octanol–water partition coefficient (Wildman–Crippen LogP) is 2.10. The highest BCUT2D eigenvalue weighted by Crippen LogP contribution is 2.11. The molecule has 1 amide bonds. The molecule has 0 spiro atoms. The summed E-state index contributed by atoms with van der Waals surface area (Å²) in [5, 5.41) is 5.85. The Hall–Kier alpha value is -2.47. The molecule has 2 N–H and O–H groups in total. The van der Waals surface area contributed by atoms with Crippen LogP contribution in [-0.4, -0.2) is 36.1 Å². The lowest BCUT2D eigenvalue weighted by atomic mass is 10.2. The highest BCUT2D eigenvalue weighted by atomic mass is 16.5. The summed E-state index contributed by atoms with van der Waals surface area (Å²) >= 11 is 0. The largest absolute Gasteiger partial charge is 0.383 e. The molecule has 0 unspecified atom stereocenters. The highest BCUT2D eigenvalue weighted by Gasteiger charge is 2.09. The first-order chi connectivity index (χ1) is 10.2. The van der Waals surface area contributed by atoms with E-state index in [-0.39, 0.29) is 5.91 Å². The van der Waals surface area contributed by atoms with Gasteiger partial charge in [0.15, 0.2) is 0 Å². The number of carbonyl (C=O) groups excluding carboxylic acids is 1. The monoisotopic (exact) mass is 286 g/mol. The summed E-state index contributed by atoms with van der Waals surface area (Å²) in [4.78, 5) is 20.2. The standard InChI is InChI=1S/C15H18N4O2/c1-11-3-5-12(6-4-11)19-15(20)13-9-14(18-10-17-13)16-7-8-21-2/h3-6,9-10H,7-8H2,1-2H3,(H,19,20)(H,16,17,18). The summed E-state index contributed by atoms with van der Waals surface area (Å²) in [7, 11) is 1.63. The minimum absolute atomic E-state index is 0.268. The van der Waals surface area contributed by atoms with E-state index < -0.39 is 0 Å². The number of carbonyl (C=O) groups is 1. The van der Waals surface area contributed by atoms with Crippen molar-refractivity contribution in [3.05, 3.63) is 47.9 Å². The highest BCUT2D eigenvalue weighted by molar-refractivity contribution is 6.03. The molecule has 110 valence electrons. The van der Waals surface area contributed by atoms with E-state index in [1.54, 1.807) is 13.2 Å². The number of hydrogen-bond donors (Lipinski definition) is 2. The third kappa shape index (κ3) is 4.54. The fourth-order valence-corrected chi connectivity index (χ4v) is 1.69. The van der Waals surface area contributed by atoms with Gasteiger partial charge in [-0.25, -0.2) is 9.97 Å². The van der Waals surface area contributed by atoms with Crippen LogP contribution in [-0.2, 0) is 4.74 Å². The molecule has 0 saturated heterocycles. The van der Waals surface area contributed by atoms with E-state index in [1.807, 2.05) is 31.2 Å². The summed E-state index contributed by atoms with van der Waals surface area (Å²) in [5.74, 6) is 0.326. The number of ether oxygens (including phenoxy) is 1. The molecular weight excluding hydrogens is 268 g/mol. The maximum atomic E-state index is 12.1. The van der Waals surface area contributed by atoms with Crippen LogP contribution < -0.4 is 10.6 Å². The van der Waals surface area contributed by atoms with Gasteiger partial charge in [0.25, 0.3) is 5.91 Å². The number of amides is 1. The van der Waals surface area contributed by atoms with Crippen molar-refractivity contribution < 1.29 is 9.53 Å². The maximum absolute atomic E-state index is 12.1. The van der Waals surface area contributed by atoms with Gasteiger partial charge in [0.2, 0.25) is 0 Å². The Morgan fingerprint density at radius 2 is 2.00 bits per heavy atom. The van der Waals surface area contributed by atoms with Crippen molar-refractivity contribution in [2.75, 3.05) is 30.9 Å². The van der Waals surface area contributed by atoms with Crippen LogP contribution >= 0.6 is 0 Å². The van der Waals surface area contributed by atoms with Crippen LogP contribution in [0.3, 0.4) is 0 Å². The quantitative estimate of drug-likeness (QED) is 0.795. The lowest BCUT2D eigenvalue weighted by molar-refractivity contribution is 0.102. The lowest BCUT2D eigenvalue weighted by Gasteiger charge is -2.07. The Labute approximate surface area is 123 Å². The van der Waals surface area contributed by atoms with Crippen molar-refractivity contribution in [3.63, 3.8) is 0 Å². The Kier molecular flexibility index (Phi) is 5.22. The molecule has 2 aromatic rings. The third-order valence-electron chi connectivity index (χ3n) is 2.82. The number of aryl methyl sites for hydroxylation is 1. The van der Waals surface area contributed by atoms with E-state index in [0.717, 1.165) is 11.3 Å². The molecule has 0 aliphatic carbocycles. The van der Waals surface area contributed by atoms with Gasteiger partial charge in [-0.1, -0.05) is 17.7 Å². The second kappa shape index (κ2) is 7.35. The zero-order chi connectivity index (χ0) is 15.1. The molecule has 0 saturated carbocycles. The van der Waals surface area contributed by atoms with Crippen LogP contribution in [0.4, 0.5) is 11.5 Å². The predicted molar refractivity (Wildman–Crippen MR) is 81.5 cm³/mol. The van der Waals surface area contributed by atoms with Gasteiger partial charge in [0, 0.05) is 25.4 Å². The molecule has 0 bridgehead atoms. The summed E-state index contributed by atoms with van der Waals surface area (Å²) in [6, 6.07) is 9.19. The average molecular weight is 286 g/mol. The Bertz CT molecular complexity index is 599. The van der Waals surface area contributed by atoms with Crippen molar-refractivity contribution in [2.24, 2.45) is 0 Å². The van der Waals surface area contributed by atoms with Gasteiger partial charge in [-0.15, -0.1) is 0 Å². The first-order valence-electron chi connectivity index (χ1n) is 6.62. The smallest absolute Gasteiger partial charge is 0.274 e. The summed E-state index contributed by atoms with van der Waals surface area (Å²) < 4.78 is 4.94. The molecule has 0 radical (unpaired) electrons. The summed E-state index contributed by atoms with van der Waals surface area (Å²) in [5.41, 5.74) is 2.18. The zero-order valence-electron chi connectivity index (χ0n) is 12.1. The number of rotatable bonds is 6.